The van der Waals surface area contributed by atoms with Crippen LogP contribution in [-0.2, 0) is 0 Å². The fraction of sp³-hybridized carbons (Fsp3) is 1.00. The van der Waals surface area contributed by atoms with E-state index >= 15 is 0 Å². The van der Waals surface area contributed by atoms with Crippen molar-refractivity contribution in [3.05, 3.63) is 0 Å². The predicted molar refractivity (Wildman–Crippen MR) is 65.0 cm³/mol. The Labute approximate surface area is 94.7 Å². The summed E-state index contributed by atoms with van der Waals surface area (Å²) in [6.07, 6.45) is 7.01. The normalized spacial score (nSPS) is 27.2. The fourth-order valence-electron chi connectivity index (χ4n) is 2.62. The van der Waals surface area contributed by atoms with Crippen molar-refractivity contribution >= 4 is 0 Å². The third-order valence-corrected chi connectivity index (χ3v) is 3.41. The van der Waals surface area contributed by atoms with Gasteiger partial charge in [0.25, 0.3) is 0 Å². The SMILES string of the molecule is CCCN(CCC)CC1CCC(O)CC1. The molecule has 0 bridgehead atoms. The zero-order valence-corrected chi connectivity index (χ0v) is 10.4. The molecule has 1 fully saturated rings. The van der Waals surface area contributed by atoms with Crippen molar-refractivity contribution in [2.45, 2.75) is 58.5 Å². The minimum atomic E-state index is -0.00736. The first-order chi connectivity index (χ1) is 7.26. The molecule has 0 spiro atoms. The third kappa shape index (κ3) is 4.98. The molecule has 1 aliphatic rings. The minimum Gasteiger partial charge on any atom is -0.393 e. The molecule has 90 valence electrons. The Bertz CT molecular complexity index is 147. The standard InChI is InChI=1S/C13H27NO/c1-3-9-14(10-4-2)11-12-5-7-13(15)8-6-12/h12-13,15H,3-11H2,1-2H3. The quantitative estimate of drug-likeness (QED) is 0.733. The van der Waals surface area contributed by atoms with E-state index in [1.54, 1.807) is 0 Å². The molecule has 0 heterocycles. The molecule has 2 nitrogen and oxygen atoms in total. The van der Waals surface area contributed by atoms with Gasteiger partial charge in [-0.2, -0.15) is 0 Å². The summed E-state index contributed by atoms with van der Waals surface area (Å²) < 4.78 is 0. The average Bonchev–Trinajstić information content (AvgIpc) is 2.22. The van der Waals surface area contributed by atoms with Gasteiger partial charge in [0.1, 0.15) is 0 Å². The number of nitrogens with zero attached hydrogens (tertiary/aromatic N) is 1. The molecule has 0 atom stereocenters. The van der Waals surface area contributed by atoms with Crippen molar-refractivity contribution in [3.8, 4) is 0 Å². The molecule has 0 unspecified atom stereocenters. The highest BCUT2D eigenvalue weighted by molar-refractivity contribution is 4.74. The lowest BCUT2D eigenvalue weighted by atomic mass is 9.87. The van der Waals surface area contributed by atoms with Crippen LogP contribution >= 0.6 is 0 Å². The van der Waals surface area contributed by atoms with Gasteiger partial charge in [0.05, 0.1) is 6.10 Å². The van der Waals surface area contributed by atoms with Crippen molar-refractivity contribution < 1.29 is 5.11 Å². The van der Waals surface area contributed by atoms with Gasteiger partial charge in [-0.25, -0.2) is 0 Å². The largest absolute Gasteiger partial charge is 0.393 e. The van der Waals surface area contributed by atoms with Gasteiger partial charge in [-0.1, -0.05) is 13.8 Å². The van der Waals surface area contributed by atoms with Gasteiger partial charge < -0.3 is 10.0 Å². The van der Waals surface area contributed by atoms with Crippen LogP contribution in [0.2, 0.25) is 0 Å². The van der Waals surface area contributed by atoms with Crippen molar-refractivity contribution in [1.82, 2.24) is 4.90 Å². The Balaban J connectivity index is 2.24. The van der Waals surface area contributed by atoms with E-state index in [4.69, 9.17) is 0 Å². The third-order valence-electron chi connectivity index (χ3n) is 3.41. The number of hydrogen-bond donors (Lipinski definition) is 1. The van der Waals surface area contributed by atoms with E-state index in [0.717, 1.165) is 18.8 Å². The van der Waals surface area contributed by atoms with E-state index in [-0.39, 0.29) is 6.10 Å². The van der Waals surface area contributed by atoms with E-state index in [1.807, 2.05) is 0 Å². The highest BCUT2D eigenvalue weighted by atomic mass is 16.3. The first-order valence-electron chi connectivity index (χ1n) is 6.66. The Morgan fingerprint density at radius 3 is 2.00 bits per heavy atom. The van der Waals surface area contributed by atoms with Gasteiger partial charge in [-0.3, -0.25) is 0 Å². The minimum absolute atomic E-state index is 0.00736. The van der Waals surface area contributed by atoms with E-state index in [9.17, 15) is 5.11 Å². The molecule has 1 rings (SSSR count). The maximum Gasteiger partial charge on any atom is 0.0540 e. The van der Waals surface area contributed by atoms with Crippen LogP contribution in [0.15, 0.2) is 0 Å². The molecular weight excluding hydrogens is 186 g/mol. The summed E-state index contributed by atoms with van der Waals surface area (Å²) in [5.41, 5.74) is 0. The number of rotatable bonds is 6. The molecule has 0 saturated heterocycles. The van der Waals surface area contributed by atoms with E-state index < -0.39 is 0 Å². The molecule has 0 aromatic carbocycles. The molecule has 0 aromatic rings. The molecule has 1 saturated carbocycles. The molecule has 0 radical (unpaired) electrons. The topological polar surface area (TPSA) is 23.5 Å². The van der Waals surface area contributed by atoms with Gasteiger partial charge in [0.15, 0.2) is 0 Å². The maximum absolute atomic E-state index is 9.45. The highest BCUT2D eigenvalue weighted by Gasteiger charge is 2.20. The maximum atomic E-state index is 9.45. The zero-order chi connectivity index (χ0) is 11.1. The molecule has 0 aliphatic heterocycles. The lowest BCUT2D eigenvalue weighted by Gasteiger charge is -2.31. The molecule has 0 amide bonds. The predicted octanol–water partition coefficient (Wildman–Crippen LogP) is 2.66. The van der Waals surface area contributed by atoms with Crippen LogP contribution in [0.5, 0.6) is 0 Å². The second kappa shape index (κ2) is 7.24. The lowest BCUT2D eigenvalue weighted by molar-refractivity contribution is 0.0936. The van der Waals surface area contributed by atoms with Gasteiger partial charge >= 0.3 is 0 Å². The summed E-state index contributed by atoms with van der Waals surface area (Å²) >= 11 is 0. The highest BCUT2D eigenvalue weighted by Crippen LogP contribution is 2.25. The Kier molecular flexibility index (Phi) is 6.26. The summed E-state index contributed by atoms with van der Waals surface area (Å²) in [7, 11) is 0. The molecule has 2 heteroatoms. The number of aliphatic hydroxyl groups is 1. The average molecular weight is 213 g/mol. The number of hydrogen-bond acceptors (Lipinski definition) is 2. The van der Waals surface area contributed by atoms with Gasteiger partial charge in [-0.05, 0) is 57.5 Å². The molecule has 0 aromatic heterocycles. The zero-order valence-electron chi connectivity index (χ0n) is 10.4. The van der Waals surface area contributed by atoms with Crippen LogP contribution in [0.3, 0.4) is 0 Å². The van der Waals surface area contributed by atoms with Gasteiger partial charge in [0.2, 0.25) is 0 Å². The Hall–Kier alpha value is -0.0800. The Morgan fingerprint density at radius 1 is 1.00 bits per heavy atom. The van der Waals surface area contributed by atoms with Crippen LogP contribution in [0, 0.1) is 5.92 Å². The van der Waals surface area contributed by atoms with Crippen molar-refractivity contribution in [1.29, 1.82) is 0 Å². The summed E-state index contributed by atoms with van der Waals surface area (Å²) in [6.45, 7) is 8.26. The first kappa shape index (κ1) is 13.0. The van der Waals surface area contributed by atoms with E-state index in [2.05, 4.69) is 18.7 Å². The van der Waals surface area contributed by atoms with Gasteiger partial charge in [0, 0.05) is 6.54 Å². The summed E-state index contributed by atoms with van der Waals surface area (Å²) in [6, 6.07) is 0. The lowest BCUT2D eigenvalue weighted by Crippen LogP contribution is -2.33. The van der Waals surface area contributed by atoms with Crippen LogP contribution < -0.4 is 0 Å². The molecular formula is C13H27NO. The molecule has 1 aliphatic carbocycles. The van der Waals surface area contributed by atoms with Gasteiger partial charge in [-0.15, -0.1) is 0 Å². The second-order valence-electron chi connectivity index (χ2n) is 4.98. The Morgan fingerprint density at radius 2 is 1.53 bits per heavy atom. The van der Waals surface area contributed by atoms with Crippen LogP contribution in [0.25, 0.3) is 0 Å². The smallest absolute Gasteiger partial charge is 0.0540 e. The van der Waals surface area contributed by atoms with E-state index in [0.29, 0.717) is 0 Å². The first-order valence-corrected chi connectivity index (χ1v) is 6.66. The van der Waals surface area contributed by atoms with Crippen molar-refractivity contribution in [3.63, 3.8) is 0 Å². The molecule has 1 N–H and O–H groups in total. The summed E-state index contributed by atoms with van der Waals surface area (Å²) in [5, 5.41) is 9.45. The summed E-state index contributed by atoms with van der Waals surface area (Å²) in [5.74, 6) is 0.839. The van der Waals surface area contributed by atoms with Crippen molar-refractivity contribution in [2.24, 2.45) is 5.92 Å². The van der Waals surface area contributed by atoms with Crippen LogP contribution in [0.1, 0.15) is 52.4 Å². The monoisotopic (exact) mass is 213 g/mol. The van der Waals surface area contributed by atoms with Crippen LogP contribution in [-0.4, -0.2) is 35.7 Å². The summed E-state index contributed by atoms with van der Waals surface area (Å²) in [4.78, 5) is 2.60. The van der Waals surface area contributed by atoms with Crippen molar-refractivity contribution in [2.75, 3.05) is 19.6 Å². The second-order valence-corrected chi connectivity index (χ2v) is 4.98. The fourth-order valence-corrected chi connectivity index (χ4v) is 2.62. The van der Waals surface area contributed by atoms with Crippen LogP contribution in [0.4, 0.5) is 0 Å². The number of aliphatic hydroxyl groups excluding tert-OH is 1. The molecule has 15 heavy (non-hydrogen) atoms. The van der Waals surface area contributed by atoms with E-state index in [1.165, 1.54) is 45.3 Å².